The van der Waals surface area contributed by atoms with E-state index >= 15 is 0 Å². The first-order valence-corrected chi connectivity index (χ1v) is 10.3. The van der Waals surface area contributed by atoms with E-state index in [4.69, 9.17) is 31.2 Å². The highest BCUT2D eigenvalue weighted by atomic mass is 32.1. The van der Waals surface area contributed by atoms with Gasteiger partial charge < -0.3 is 24.3 Å². The van der Waals surface area contributed by atoms with Crippen LogP contribution in [0.4, 0.5) is 5.69 Å². The van der Waals surface area contributed by atoms with Crippen molar-refractivity contribution in [3.05, 3.63) is 78.4 Å². The molecule has 0 aliphatic carbocycles. The number of carbonyl (C=O) groups is 1. The fourth-order valence-corrected chi connectivity index (χ4v) is 3.07. The first-order chi connectivity index (χ1) is 15.6. The number of rotatable bonds is 9. The summed E-state index contributed by atoms with van der Waals surface area (Å²) in [5.41, 5.74) is 1.01. The van der Waals surface area contributed by atoms with Crippen molar-refractivity contribution in [2.45, 2.75) is 0 Å². The van der Waals surface area contributed by atoms with Crippen molar-refractivity contribution < 1.29 is 23.7 Å². The number of methoxy groups -OCH3 is 2. The van der Waals surface area contributed by atoms with E-state index in [2.05, 4.69) is 10.6 Å². The number of anilines is 1. The number of carbonyl (C=O) groups excluding carboxylic acids is 1. The number of para-hydroxylation sites is 2. The number of benzene rings is 3. The summed E-state index contributed by atoms with van der Waals surface area (Å²) in [5.74, 6) is 1.95. The second-order valence-corrected chi connectivity index (χ2v) is 6.89. The van der Waals surface area contributed by atoms with Crippen LogP contribution in [-0.4, -0.2) is 38.5 Å². The van der Waals surface area contributed by atoms with Gasteiger partial charge in [-0.15, -0.1) is 0 Å². The van der Waals surface area contributed by atoms with Crippen LogP contribution in [0.25, 0.3) is 0 Å². The lowest BCUT2D eigenvalue weighted by Crippen LogP contribution is -2.34. The van der Waals surface area contributed by atoms with Gasteiger partial charge in [0.25, 0.3) is 5.91 Å². The lowest BCUT2D eigenvalue weighted by atomic mass is 10.2. The van der Waals surface area contributed by atoms with E-state index in [1.54, 1.807) is 56.7 Å². The number of hydrogen-bond acceptors (Lipinski definition) is 6. The molecule has 7 nitrogen and oxygen atoms in total. The molecule has 0 saturated carbocycles. The lowest BCUT2D eigenvalue weighted by molar-refractivity contribution is 0.0972. The first-order valence-electron chi connectivity index (χ1n) is 9.84. The summed E-state index contributed by atoms with van der Waals surface area (Å²) in [7, 11) is 3.10. The van der Waals surface area contributed by atoms with Crippen LogP contribution >= 0.6 is 12.2 Å². The van der Waals surface area contributed by atoms with Gasteiger partial charge >= 0.3 is 0 Å². The lowest BCUT2D eigenvalue weighted by Gasteiger charge is -2.14. The van der Waals surface area contributed by atoms with Crippen molar-refractivity contribution in [3.63, 3.8) is 0 Å². The molecule has 0 aliphatic heterocycles. The standard InChI is InChI=1S/C24H24N2O5S/c1-28-21-13-12-17(16-22(21)29-2)25-24(32)26-23(27)19-10-6-7-11-20(19)31-15-14-30-18-8-4-3-5-9-18/h3-13,16H,14-15H2,1-2H3,(H2,25,26,27,32). The van der Waals surface area contributed by atoms with Crippen molar-refractivity contribution in [1.29, 1.82) is 0 Å². The van der Waals surface area contributed by atoms with E-state index in [1.165, 1.54) is 0 Å². The summed E-state index contributed by atoms with van der Waals surface area (Å²) < 4.78 is 21.9. The van der Waals surface area contributed by atoms with E-state index in [-0.39, 0.29) is 17.6 Å². The fourth-order valence-electron chi connectivity index (χ4n) is 2.85. The molecule has 0 aliphatic rings. The normalized spacial score (nSPS) is 10.1. The minimum Gasteiger partial charge on any atom is -0.493 e. The second-order valence-electron chi connectivity index (χ2n) is 6.48. The van der Waals surface area contributed by atoms with Gasteiger partial charge in [-0.25, -0.2) is 0 Å². The fraction of sp³-hybridized carbons (Fsp3) is 0.167. The molecule has 32 heavy (non-hydrogen) atoms. The number of nitrogens with one attached hydrogen (secondary N) is 2. The summed E-state index contributed by atoms with van der Waals surface area (Å²) >= 11 is 5.28. The molecule has 0 fully saturated rings. The third kappa shape index (κ3) is 6.36. The zero-order valence-corrected chi connectivity index (χ0v) is 18.6. The molecule has 0 saturated heterocycles. The average Bonchev–Trinajstić information content (AvgIpc) is 2.82. The van der Waals surface area contributed by atoms with Crippen molar-refractivity contribution >= 4 is 28.9 Å². The maximum Gasteiger partial charge on any atom is 0.261 e. The molecule has 0 atom stereocenters. The number of amides is 1. The highest BCUT2D eigenvalue weighted by Gasteiger charge is 2.14. The second kappa shape index (κ2) is 11.6. The SMILES string of the molecule is COc1ccc(NC(=S)NC(=O)c2ccccc2OCCOc2ccccc2)cc1OC. The number of thiocarbonyl (C=S) groups is 1. The third-order valence-electron chi connectivity index (χ3n) is 4.35. The van der Waals surface area contributed by atoms with Crippen LogP contribution in [0.5, 0.6) is 23.0 Å². The Morgan fingerprint density at radius 3 is 2.25 bits per heavy atom. The molecule has 8 heteroatoms. The Hall–Kier alpha value is -3.78. The molecule has 0 heterocycles. The Labute approximate surface area is 192 Å². The third-order valence-corrected chi connectivity index (χ3v) is 4.56. The number of ether oxygens (including phenoxy) is 4. The molecule has 3 aromatic carbocycles. The van der Waals surface area contributed by atoms with Crippen molar-refractivity contribution in [2.75, 3.05) is 32.8 Å². The zero-order chi connectivity index (χ0) is 22.8. The van der Waals surface area contributed by atoms with Gasteiger partial charge in [0.15, 0.2) is 16.6 Å². The molecule has 3 rings (SSSR count). The van der Waals surface area contributed by atoms with Gasteiger partial charge in [0.05, 0.1) is 19.8 Å². The topological polar surface area (TPSA) is 78.1 Å². The molecular formula is C24H24N2O5S. The quantitative estimate of drug-likeness (QED) is 0.370. The first kappa shape index (κ1) is 22.9. The van der Waals surface area contributed by atoms with E-state index in [9.17, 15) is 4.79 Å². The zero-order valence-electron chi connectivity index (χ0n) is 17.8. The Balaban J connectivity index is 1.56. The summed E-state index contributed by atoms with van der Waals surface area (Å²) in [4.78, 5) is 12.7. The van der Waals surface area contributed by atoms with Crippen LogP contribution in [0.3, 0.4) is 0 Å². The van der Waals surface area contributed by atoms with E-state index in [0.717, 1.165) is 5.75 Å². The molecule has 166 valence electrons. The predicted octanol–water partition coefficient (Wildman–Crippen LogP) is 4.29. The molecule has 0 spiro atoms. The van der Waals surface area contributed by atoms with Crippen LogP contribution in [0.15, 0.2) is 72.8 Å². The Morgan fingerprint density at radius 2 is 1.50 bits per heavy atom. The van der Waals surface area contributed by atoms with Gasteiger partial charge in [-0.2, -0.15) is 0 Å². The summed E-state index contributed by atoms with van der Waals surface area (Å²) in [6.45, 7) is 0.632. The molecule has 0 aromatic heterocycles. The minimum atomic E-state index is -0.387. The van der Waals surface area contributed by atoms with Gasteiger partial charge in [-0.05, 0) is 48.6 Å². The van der Waals surface area contributed by atoms with Crippen molar-refractivity contribution in [3.8, 4) is 23.0 Å². The Morgan fingerprint density at radius 1 is 0.812 bits per heavy atom. The van der Waals surface area contributed by atoms with Gasteiger partial charge in [-0.1, -0.05) is 30.3 Å². The molecule has 0 unspecified atom stereocenters. The van der Waals surface area contributed by atoms with Crippen LogP contribution in [0, 0.1) is 0 Å². The Kier molecular flexibility index (Phi) is 8.28. The predicted molar refractivity (Wildman–Crippen MR) is 127 cm³/mol. The van der Waals surface area contributed by atoms with Crippen molar-refractivity contribution in [2.24, 2.45) is 0 Å². The molecule has 1 amide bonds. The van der Waals surface area contributed by atoms with E-state index < -0.39 is 0 Å². The molecule has 0 radical (unpaired) electrons. The Bertz CT molecular complexity index is 1060. The summed E-state index contributed by atoms with van der Waals surface area (Å²) in [5, 5.41) is 5.77. The molecule has 3 aromatic rings. The van der Waals surface area contributed by atoms with Gasteiger partial charge in [0.2, 0.25) is 0 Å². The minimum absolute atomic E-state index is 0.143. The highest BCUT2D eigenvalue weighted by Crippen LogP contribution is 2.29. The maximum absolute atomic E-state index is 12.7. The molecule has 0 bridgehead atoms. The van der Waals surface area contributed by atoms with E-state index in [0.29, 0.717) is 35.1 Å². The van der Waals surface area contributed by atoms with Crippen LogP contribution in [0.2, 0.25) is 0 Å². The number of hydrogen-bond donors (Lipinski definition) is 2. The summed E-state index contributed by atoms with van der Waals surface area (Å²) in [6.07, 6.45) is 0. The maximum atomic E-state index is 12.7. The largest absolute Gasteiger partial charge is 0.493 e. The summed E-state index contributed by atoms with van der Waals surface area (Å²) in [6, 6.07) is 21.6. The monoisotopic (exact) mass is 452 g/mol. The van der Waals surface area contributed by atoms with Crippen LogP contribution in [0.1, 0.15) is 10.4 Å². The van der Waals surface area contributed by atoms with Crippen LogP contribution in [-0.2, 0) is 0 Å². The van der Waals surface area contributed by atoms with Crippen LogP contribution < -0.4 is 29.6 Å². The van der Waals surface area contributed by atoms with Gasteiger partial charge in [0.1, 0.15) is 24.7 Å². The average molecular weight is 453 g/mol. The van der Waals surface area contributed by atoms with Gasteiger partial charge in [-0.3, -0.25) is 10.1 Å². The highest BCUT2D eigenvalue weighted by molar-refractivity contribution is 7.80. The molecule has 2 N–H and O–H groups in total. The van der Waals surface area contributed by atoms with E-state index in [1.807, 2.05) is 30.3 Å². The van der Waals surface area contributed by atoms with Crippen molar-refractivity contribution in [1.82, 2.24) is 5.32 Å². The van der Waals surface area contributed by atoms with Gasteiger partial charge in [0, 0.05) is 11.8 Å². The smallest absolute Gasteiger partial charge is 0.261 e. The molecular weight excluding hydrogens is 428 g/mol.